The number of carbonyl (C=O) groups is 1. The van der Waals surface area contributed by atoms with Crippen molar-refractivity contribution in [3.05, 3.63) is 65.7 Å². The van der Waals surface area contributed by atoms with Gasteiger partial charge in [-0.2, -0.15) is 15.0 Å². The number of fused-ring (bicyclic) bond motifs is 1. The number of likely N-dealkylation sites (tertiary alicyclic amines) is 1. The summed E-state index contributed by atoms with van der Waals surface area (Å²) in [5.41, 5.74) is 4.26. The lowest BCUT2D eigenvalue weighted by molar-refractivity contribution is 0.0730. The summed E-state index contributed by atoms with van der Waals surface area (Å²) in [4.78, 5) is 26.5. The quantitative estimate of drug-likeness (QED) is 0.504. The van der Waals surface area contributed by atoms with Crippen LogP contribution in [0, 0.1) is 6.92 Å². The zero-order valence-corrected chi connectivity index (χ0v) is 17.7. The predicted molar refractivity (Wildman–Crippen MR) is 117 cm³/mol. The van der Waals surface area contributed by atoms with Gasteiger partial charge in [0.2, 0.25) is 0 Å². The van der Waals surface area contributed by atoms with Gasteiger partial charge in [0.05, 0.1) is 40.7 Å². The molecule has 1 unspecified atom stereocenters. The molecule has 152 valence electrons. The van der Waals surface area contributed by atoms with Crippen molar-refractivity contribution < 1.29 is 4.79 Å². The maximum Gasteiger partial charge on any atom is 0.256 e. The first-order valence-electron chi connectivity index (χ1n) is 9.96. The number of aromatic amines is 1. The summed E-state index contributed by atoms with van der Waals surface area (Å²) in [6, 6.07) is 11.9. The Bertz CT molecular complexity index is 1220. The highest BCUT2D eigenvalue weighted by molar-refractivity contribution is 7.98. The number of aryl methyl sites for hydroxylation is 1. The van der Waals surface area contributed by atoms with Gasteiger partial charge in [-0.15, -0.1) is 11.8 Å². The summed E-state index contributed by atoms with van der Waals surface area (Å²) >= 11 is 1.70. The molecule has 0 spiro atoms. The van der Waals surface area contributed by atoms with Gasteiger partial charge in [0.15, 0.2) is 0 Å². The lowest BCUT2D eigenvalue weighted by atomic mass is 10.1. The van der Waals surface area contributed by atoms with Crippen LogP contribution in [-0.4, -0.2) is 48.6 Å². The van der Waals surface area contributed by atoms with Crippen molar-refractivity contribution in [2.75, 3.05) is 12.8 Å². The van der Waals surface area contributed by atoms with E-state index in [0.29, 0.717) is 17.8 Å². The topological polar surface area (TPSA) is 79.7 Å². The summed E-state index contributed by atoms with van der Waals surface area (Å²) in [7, 11) is 0. The number of nitrogens with one attached hydrogen (secondary N) is 1. The number of imidazole rings is 1. The molecule has 0 radical (unpaired) electrons. The van der Waals surface area contributed by atoms with Gasteiger partial charge in [0, 0.05) is 11.4 Å². The zero-order valence-electron chi connectivity index (χ0n) is 16.9. The molecule has 1 amide bonds. The van der Waals surface area contributed by atoms with Crippen LogP contribution in [0.1, 0.15) is 40.6 Å². The molecule has 0 saturated carbocycles. The third-order valence-corrected chi connectivity index (χ3v) is 6.28. The van der Waals surface area contributed by atoms with Crippen LogP contribution >= 0.6 is 11.8 Å². The number of rotatable bonds is 4. The Morgan fingerprint density at radius 3 is 2.80 bits per heavy atom. The van der Waals surface area contributed by atoms with Crippen LogP contribution in [-0.2, 0) is 0 Å². The molecule has 5 rings (SSSR count). The molecule has 1 aliphatic heterocycles. The van der Waals surface area contributed by atoms with Crippen molar-refractivity contribution in [1.82, 2.24) is 29.9 Å². The number of H-pyrrole nitrogens is 1. The van der Waals surface area contributed by atoms with Crippen molar-refractivity contribution in [2.45, 2.75) is 30.7 Å². The third-order valence-electron chi connectivity index (χ3n) is 5.55. The van der Waals surface area contributed by atoms with Crippen molar-refractivity contribution in [2.24, 2.45) is 0 Å². The van der Waals surface area contributed by atoms with Gasteiger partial charge in [-0.05, 0) is 56.4 Å². The van der Waals surface area contributed by atoms with Gasteiger partial charge in [0.1, 0.15) is 5.82 Å². The lowest BCUT2D eigenvalue weighted by Gasteiger charge is -2.24. The molecule has 2 aromatic carbocycles. The van der Waals surface area contributed by atoms with E-state index in [2.05, 4.69) is 33.6 Å². The second-order valence-corrected chi connectivity index (χ2v) is 8.38. The first kappa shape index (κ1) is 18.9. The predicted octanol–water partition coefficient (Wildman–Crippen LogP) is 4.15. The first-order chi connectivity index (χ1) is 14.6. The Labute approximate surface area is 178 Å². The normalized spacial score (nSPS) is 16.5. The monoisotopic (exact) mass is 418 g/mol. The van der Waals surface area contributed by atoms with Gasteiger partial charge in [0.25, 0.3) is 5.91 Å². The number of carbonyl (C=O) groups excluding carboxylic acids is 1. The second kappa shape index (κ2) is 7.60. The van der Waals surface area contributed by atoms with E-state index in [-0.39, 0.29) is 11.9 Å². The van der Waals surface area contributed by atoms with E-state index in [0.717, 1.165) is 35.3 Å². The molecule has 1 aliphatic rings. The Balaban J connectivity index is 1.51. The molecule has 2 aromatic heterocycles. The maximum absolute atomic E-state index is 13.6. The SMILES string of the molecule is CSc1ccc2nc(C3CCCN3C(=O)c3cc(C)ccc3-n3nccn3)[nH]c2c1. The van der Waals surface area contributed by atoms with Crippen LogP contribution in [0.2, 0.25) is 0 Å². The van der Waals surface area contributed by atoms with Crippen LogP contribution in [0.3, 0.4) is 0 Å². The fourth-order valence-electron chi connectivity index (χ4n) is 4.08. The molecular weight excluding hydrogens is 396 g/mol. The van der Waals surface area contributed by atoms with E-state index >= 15 is 0 Å². The average Bonchev–Trinajstić information content (AvgIpc) is 3.52. The minimum Gasteiger partial charge on any atom is -0.340 e. The Morgan fingerprint density at radius 2 is 2.00 bits per heavy atom. The van der Waals surface area contributed by atoms with Gasteiger partial charge >= 0.3 is 0 Å². The molecule has 0 bridgehead atoms. The molecule has 30 heavy (non-hydrogen) atoms. The third kappa shape index (κ3) is 3.27. The van der Waals surface area contributed by atoms with Crippen molar-refractivity contribution in [3.63, 3.8) is 0 Å². The van der Waals surface area contributed by atoms with Crippen LogP contribution in [0.15, 0.2) is 53.7 Å². The minimum absolute atomic E-state index is 0.0150. The fourth-order valence-corrected chi connectivity index (χ4v) is 4.52. The van der Waals surface area contributed by atoms with E-state index in [4.69, 9.17) is 4.98 Å². The van der Waals surface area contributed by atoms with Gasteiger partial charge in [-0.25, -0.2) is 4.98 Å². The van der Waals surface area contributed by atoms with Crippen LogP contribution in [0.4, 0.5) is 0 Å². The van der Waals surface area contributed by atoms with E-state index in [1.807, 2.05) is 36.1 Å². The van der Waals surface area contributed by atoms with E-state index in [9.17, 15) is 4.79 Å². The number of hydrogen-bond donors (Lipinski definition) is 1. The number of benzene rings is 2. The first-order valence-corrected chi connectivity index (χ1v) is 11.2. The Hall–Kier alpha value is -3.13. The van der Waals surface area contributed by atoms with E-state index < -0.39 is 0 Å². The van der Waals surface area contributed by atoms with E-state index in [1.165, 1.54) is 9.69 Å². The number of aromatic nitrogens is 5. The molecule has 8 heteroatoms. The molecule has 4 aromatic rings. The van der Waals surface area contributed by atoms with Crippen LogP contribution in [0.25, 0.3) is 16.7 Å². The standard InChI is InChI=1S/C22H22N6OS/c1-14-5-8-19(28-23-9-10-24-28)16(12-14)22(29)27-11-3-4-20(27)21-25-17-7-6-15(30-2)13-18(17)26-21/h5-10,12-13,20H,3-4,11H2,1-2H3,(H,25,26). The molecule has 1 N–H and O–H groups in total. The average molecular weight is 419 g/mol. The fraction of sp³-hybridized carbons (Fsp3) is 0.273. The van der Waals surface area contributed by atoms with Crippen molar-refractivity contribution >= 4 is 28.7 Å². The van der Waals surface area contributed by atoms with E-state index in [1.54, 1.807) is 24.2 Å². The molecular formula is C22H22N6OS. The number of nitrogens with zero attached hydrogens (tertiary/aromatic N) is 5. The largest absolute Gasteiger partial charge is 0.340 e. The summed E-state index contributed by atoms with van der Waals surface area (Å²) in [6.45, 7) is 2.69. The lowest BCUT2D eigenvalue weighted by Crippen LogP contribution is -2.32. The molecule has 0 aliphatic carbocycles. The van der Waals surface area contributed by atoms with Crippen LogP contribution in [0.5, 0.6) is 0 Å². The van der Waals surface area contributed by atoms with Crippen LogP contribution < -0.4 is 0 Å². The number of amides is 1. The number of hydrogen-bond acceptors (Lipinski definition) is 5. The zero-order chi connectivity index (χ0) is 20.7. The highest BCUT2D eigenvalue weighted by Gasteiger charge is 2.34. The minimum atomic E-state index is -0.0680. The smallest absolute Gasteiger partial charge is 0.256 e. The summed E-state index contributed by atoms with van der Waals surface area (Å²) in [5, 5.41) is 8.44. The molecule has 3 heterocycles. The molecule has 1 saturated heterocycles. The van der Waals surface area contributed by atoms with Crippen molar-refractivity contribution in [1.29, 1.82) is 0 Å². The van der Waals surface area contributed by atoms with Crippen molar-refractivity contribution in [3.8, 4) is 5.69 Å². The highest BCUT2D eigenvalue weighted by Crippen LogP contribution is 2.34. The maximum atomic E-state index is 13.6. The summed E-state index contributed by atoms with van der Waals surface area (Å²) < 4.78 is 0. The second-order valence-electron chi connectivity index (χ2n) is 7.50. The highest BCUT2D eigenvalue weighted by atomic mass is 32.2. The Morgan fingerprint density at radius 1 is 1.17 bits per heavy atom. The number of thioether (sulfide) groups is 1. The van der Waals surface area contributed by atoms with Gasteiger partial charge in [-0.3, -0.25) is 4.79 Å². The molecule has 7 nitrogen and oxygen atoms in total. The molecule has 1 atom stereocenters. The Kier molecular flexibility index (Phi) is 4.78. The van der Waals surface area contributed by atoms with Gasteiger partial charge in [-0.1, -0.05) is 11.6 Å². The molecule has 1 fully saturated rings. The van der Waals surface area contributed by atoms with Gasteiger partial charge < -0.3 is 9.88 Å². The summed E-state index contributed by atoms with van der Waals surface area (Å²) in [5.74, 6) is 0.833. The summed E-state index contributed by atoms with van der Waals surface area (Å²) in [6.07, 6.45) is 7.13.